The summed E-state index contributed by atoms with van der Waals surface area (Å²) in [6.45, 7) is 2.61. The maximum atomic E-state index is 12.3. The molecular formula is C19H20ClN7O2. The molecule has 0 radical (unpaired) electrons. The van der Waals surface area contributed by atoms with Crippen LogP contribution in [0.1, 0.15) is 5.69 Å². The Balaban J connectivity index is 0.00000205. The summed E-state index contributed by atoms with van der Waals surface area (Å²) in [5.74, 6) is 0.486. The quantitative estimate of drug-likeness (QED) is 0.660. The number of rotatable bonds is 3. The Hall–Kier alpha value is -3.17. The summed E-state index contributed by atoms with van der Waals surface area (Å²) in [5, 5.41) is 8.02. The molecular weight excluding hydrogens is 394 g/mol. The normalized spacial score (nSPS) is 16.2. The molecule has 5 rings (SSSR count). The predicted molar refractivity (Wildman–Crippen MR) is 109 cm³/mol. The molecule has 1 saturated heterocycles. The van der Waals surface area contributed by atoms with E-state index in [1.54, 1.807) is 19.3 Å². The Morgan fingerprint density at radius 2 is 1.97 bits per heavy atom. The number of aromatic nitrogens is 4. The molecule has 10 heteroatoms. The van der Waals surface area contributed by atoms with Crippen molar-refractivity contribution in [3.05, 3.63) is 48.4 Å². The van der Waals surface area contributed by atoms with Crippen LogP contribution in [-0.4, -0.2) is 56.3 Å². The van der Waals surface area contributed by atoms with Crippen molar-refractivity contribution >= 4 is 30.0 Å². The molecule has 4 heterocycles. The molecule has 0 bridgehead atoms. The molecule has 2 aliphatic heterocycles. The highest BCUT2D eigenvalue weighted by atomic mass is 35.5. The lowest BCUT2D eigenvalue weighted by atomic mass is 10.2. The second-order valence-corrected chi connectivity index (χ2v) is 6.93. The fourth-order valence-corrected chi connectivity index (χ4v) is 3.66. The minimum atomic E-state index is -0.317. The number of urea groups is 1. The number of hydrogen-bond acceptors (Lipinski definition) is 5. The van der Waals surface area contributed by atoms with Gasteiger partial charge >= 0.3 is 6.03 Å². The molecule has 1 aromatic carbocycles. The van der Waals surface area contributed by atoms with Gasteiger partial charge in [0.05, 0.1) is 17.9 Å². The maximum Gasteiger partial charge on any atom is 0.331 e. The lowest BCUT2D eigenvalue weighted by molar-refractivity contribution is -0.116. The van der Waals surface area contributed by atoms with Gasteiger partial charge in [-0.05, 0) is 24.3 Å². The zero-order chi connectivity index (χ0) is 19.3. The number of nitrogens with zero attached hydrogens (tertiary/aromatic N) is 6. The smallest absolute Gasteiger partial charge is 0.318 e. The highest BCUT2D eigenvalue weighted by Crippen LogP contribution is 2.27. The monoisotopic (exact) mass is 413 g/mol. The molecule has 0 spiro atoms. The van der Waals surface area contributed by atoms with Crippen molar-refractivity contribution < 1.29 is 9.59 Å². The third kappa shape index (κ3) is 3.18. The first-order valence-electron chi connectivity index (χ1n) is 9.11. The summed E-state index contributed by atoms with van der Waals surface area (Å²) in [7, 11) is 1.62. The number of fused-ring (bicyclic) bond motifs is 1. The Morgan fingerprint density at radius 1 is 1.14 bits per heavy atom. The molecule has 0 saturated carbocycles. The number of hydrogen-bond donors (Lipinski definition) is 1. The topological polar surface area (TPSA) is 88.3 Å². The number of nitrogens with one attached hydrogen (secondary N) is 1. The van der Waals surface area contributed by atoms with Crippen molar-refractivity contribution in [1.82, 2.24) is 29.5 Å². The van der Waals surface area contributed by atoms with E-state index < -0.39 is 0 Å². The Bertz CT molecular complexity index is 1070. The number of benzene rings is 1. The van der Waals surface area contributed by atoms with Gasteiger partial charge in [-0.3, -0.25) is 14.0 Å². The van der Waals surface area contributed by atoms with Gasteiger partial charge in [-0.1, -0.05) is 6.07 Å². The molecule has 3 aromatic rings. The molecule has 2 aliphatic rings. The second kappa shape index (κ2) is 7.34. The zero-order valence-corrected chi connectivity index (χ0v) is 16.6. The third-order valence-electron chi connectivity index (χ3n) is 5.05. The highest BCUT2D eigenvalue weighted by Gasteiger charge is 2.34. The number of halogens is 1. The largest absolute Gasteiger partial charge is 0.331 e. The first kappa shape index (κ1) is 19.2. The standard InChI is InChI=1S/C19H19N7O2.ClH/c1-23-12-17(27)26(19(23)28)14-4-2-3-13(9-14)24-7-6-21-18(24)16-10-15-11-20-5-8-25(15)22-16;/h2-4,6-7,9-10,20H,5,8,11-12H2,1H3;1H. The van der Waals surface area contributed by atoms with Crippen molar-refractivity contribution in [2.45, 2.75) is 13.1 Å². The Labute approximate surface area is 173 Å². The van der Waals surface area contributed by atoms with Crippen LogP contribution in [0.3, 0.4) is 0 Å². The van der Waals surface area contributed by atoms with Gasteiger partial charge in [-0.25, -0.2) is 14.7 Å². The predicted octanol–water partition coefficient (Wildman–Crippen LogP) is 1.66. The number of anilines is 1. The molecule has 0 unspecified atom stereocenters. The summed E-state index contributed by atoms with van der Waals surface area (Å²) in [6, 6.07) is 9.05. The van der Waals surface area contributed by atoms with Gasteiger partial charge in [0.2, 0.25) is 0 Å². The van der Waals surface area contributed by atoms with Gasteiger partial charge in [0.25, 0.3) is 5.91 Å². The molecule has 29 heavy (non-hydrogen) atoms. The summed E-state index contributed by atoms with van der Waals surface area (Å²) in [5.41, 5.74) is 3.28. The number of imide groups is 1. The summed E-state index contributed by atoms with van der Waals surface area (Å²) in [6.07, 6.45) is 3.57. The number of imidazole rings is 1. The second-order valence-electron chi connectivity index (χ2n) is 6.93. The van der Waals surface area contributed by atoms with Crippen molar-refractivity contribution in [3.63, 3.8) is 0 Å². The molecule has 3 amide bonds. The molecule has 0 atom stereocenters. The van der Waals surface area contributed by atoms with Crippen LogP contribution in [0.5, 0.6) is 0 Å². The number of carbonyl (C=O) groups is 2. The fraction of sp³-hybridized carbons (Fsp3) is 0.263. The lowest BCUT2D eigenvalue weighted by Gasteiger charge is -2.16. The van der Waals surface area contributed by atoms with Gasteiger partial charge in [0, 0.05) is 38.2 Å². The SMILES string of the molecule is CN1CC(=O)N(c2cccc(-n3ccnc3-c3cc4n(n3)CCNC4)c2)C1=O.Cl. The van der Waals surface area contributed by atoms with Crippen LogP contribution in [0, 0.1) is 0 Å². The van der Waals surface area contributed by atoms with Crippen molar-refractivity contribution in [1.29, 1.82) is 0 Å². The van der Waals surface area contributed by atoms with Crippen molar-refractivity contribution in [2.75, 3.05) is 25.0 Å². The third-order valence-corrected chi connectivity index (χ3v) is 5.05. The van der Waals surface area contributed by atoms with Crippen molar-refractivity contribution in [3.8, 4) is 17.2 Å². The molecule has 150 valence electrons. The van der Waals surface area contributed by atoms with E-state index in [0.717, 1.165) is 42.5 Å². The van der Waals surface area contributed by atoms with Crippen LogP contribution >= 0.6 is 12.4 Å². The molecule has 1 fully saturated rings. The number of likely N-dealkylation sites (N-methyl/N-ethyl adjacent to an activating group) is 1. The molecule has 9 nitrogen and oxygen atoms in total. The van der Waals surface area contributed by atoms with E-state index in [0.29, 0.717) is 5.69 Å². The van der Waals surface area contributed by atoms with E-state index >= 15 is 0 Å². The maximum absolute atomic E-state index is 12.3. The fourth-order valence-electron chi connectivity index (χ4n) is 3.66. The highest BCUT2D eigenvalue weighted by molar-refractivity contribution is 6.19. The summed E-state index contributed by atoms with van der Waals surface area (Å²) in [4.78, 5) is 31.6. The first-order chi connectivity index (χ1) is 13.6. The zero-order valence-electron chi connectivity index (χ0n) is 15.8. The van der Waals surface area contributed by atoms with Crippen LogP contribution in [-0.2, 0) is 17.9 Å². The van der Waals surface area contributed by atoms with Gasteiger partial charge in [0.1, 0.15) is 12.2 Å². The summed E-state index contributed by atoms with van der Waals surface area (Å²) < 4.78 is 3.92. The van der Waals surface area contributed by atoms with Gasteiger partial charge in [0.15, 0.2) is 5.82 Å². The summed E-state index contributed by atoms with van der Waals surface area (Å²) >= 11 is 0. The number of amides is 3. The van der Waals surface area contributed by atoms with Gasteiger partial charge < -0.3 is 10.2 Å². The van der Waals surface area contributed by atoms with E-state index in [1.807, 2.05) is 39.7 Å². The Kier molecular flexibility index (Phi) is 4.85. The van der Waals surface area contributed by atoms with Crippen LogP contribution in [0.25, 0.3) is 17.2 Å². The molecule has 1 N–H and O–H groups in total. The van der Waals surface area contributed by atoms with Gasteiger partial charge in [-0.15, -0.1) is 12.4 Å². The minimum absolute atomic E-state index is 0. The Morgan fingerprint density at radius 3 is 2.72 bits per heavy atom. The van der Waals surface area contributed by atoms with E-state index in [-0.39, 0.29) is 30.9 Å². The van der Waals surface area contributed by atoms with Crippen molar-refractivity contribution in [2.24, 2.45) is 0 Å². The molecule has 2 aromatic heterocycles. The average molecular weight is 414 g/mol. The lowest BCUT2D eigenvalue weighted by Crippen LogP contribution is -2.31. The van der Waals surface area contributed by atoms with Crippen LogP contribution in [0.4, 0.5) is 10.5 Å². The van der Waals surface area contributed by atoms with E-state index in [4.69, 9.17) is 0 Å². The van der Waals surface area contributed by atoms with E-state index in [1.165, 1.54) is 9.80 Å². The number of carbonyl (C=O) groups excluding carboxylic acids is 2. The van der Waals surface area contributed by atoms with Crippen LogP contribution < -0.4 is 10.2 Å². The van der Waals surface area contributed by atoms with Crippen LogP contribution in [0.15, 0.2) is 42.7 Å². The first-order valence-corrected chi connectivity index (χ1v) is 9.11. The van der Waals surface area contributed by atoms with E-state index in [2.05, 4.69) is 15.4 Å². The van der Waals surface area contributed by atoms with Gasteiger partial charge in [-0.2, -0.15) is 5.10 Å². The average Bonchev–Trinajstić information content (AvgIpc) is 3.39. The minimum Gasteiger partial charge on any atom is -0.318 e. The van der Waals surface area contributed by atoms with Crippen LogP contribution in [0.2, 0.25) is 0 Å². The molecule has 0 aliphatic carbocycles. The van der Waals surface area contributed by atoms with E-state index in [9.17, 15) is 9.59 Å².